The van der Waals surface area contributed by atoms with Crippen molar-refractivity contribution in [1.82, 2.24) is 4.98 Å². The van der Waals surface area contributed by atoms with Gasteiger partial charge in [0.05, 0.1) is 12.2 Å². The number of carbonyl (C=O) groups is 1. The second kappa shape index (κ2) is 7.14. The SMILES string of the molecule is O=C(c1cncc(Br)c1)N(CCO)c1ccc(I)cc1. The van der Waals surface area contributed by atoms with Gasteiger partial charge in [0.15, 0.2) is 0 Å². The van der Waals surface area contributed by atoms with E-state index in [9.17, 15) is 9.90 Å². The molecule has 0 aliphatic rings. The normalized spacial score (nSPS) is 10.3. The fourth-order valence-electron chi connectivity index (χ4n) is 1.75. The van der Waals surface area contributed by atoms with E-state index >= 15 is 0 Å². The lowest BCUT2D eigenvalue weighted by Gasteiger charge is -2.22. The molecule has 2 aromatic rings. The Morgan fingerprint density at radius 3 is 2.60 bits per heavy atom. The first-order valence-corrected chi connectivity index (χ1v) is 7.78. The summed E-state index contributed by atoms with van der Waals surface area (Å²) in [5.74, 6) is -0.186. The quantitative estimate of drug-likeness (QED) is 0.734. The lowest BCUT2D eigenvalue weighted by atomic mass is 10.2. The van der Waals surface area contributed by atoms with Crippen LogP contribution in [-0.4, -0.2) is 29.1 Å². The highest BCUT2D eigenvalue weighted by Crippen LogP contribution is 2.19. The van der Waals surface area contributed by atoms with Crippen molar-refractivity contribution in [3.05, 3.63) is 56.3 Å². The molecule has 1 aromatic carbocycles. The summed E-state index contributed by atoms with van der Waals surface area (Å²) < 4.78 is 1.83. The van der Waals surface area contributed by atoms with Crippen molar-refractivity contribution in [2.75, 3.05) is 18.1 Å². The van der Waals surface area contributed by atoms with Gasteiger partial charge in [-0.25, -0.2) is 0 Å². The number of benzene rings is 1. The van der Waals surface area contributed by atoms with Crippen molar-refractivity contribution in [3.63, 3.8) is 0 Å². The minimum atomic E-state index is -0.186. The minimum Gasteiger partial charge on any atom is -0.395 e. The van der Waals surface area contributed by atoms with E-state index in [1.807, 2.05) is 24.3 Å². The standard InChI is InChI=1S/C14H12BrIN2O2/c15-11-7-10(8-17-9-11)14(20)18(5-6-19)13-3-1-12(16)2-4-13/h1-4,7-9,19H,5-6H2. The minimum absolute atomic E-state index is 0.0981. The summed E-state index contributed by atoms with van der Waals surface area (Å²) in [5, 5.41) is 9.18. The topological polar surface area (TPSA) is 53.4 Å². The summed E-state index contributed by atoms with van der Waals surface area (Å²) in [7, 11) is 0. The number of nitrogens with zero attached hydrogens (tertiary/aromatic N) is 2. The number of hydrogen-bond donors (Lipinski definition) is 1. The molecule has 2 rings (SSSR count). The zero-order chi connectivity index (χ0) is 14.5. The van der Waals surface area contributed by atoms with Crippen LogP contribution < -0.4 is 4.90 Å². The predicted octanol–water partition coefficient (Wildman–Crippen LogP) is 3.09. The van der Waals surface area contributed by atoms with Gasteiger partial charge in [-0.3, -0.25) is 9.78 Å². The number of anilines is 1. The Hall–Kier alpha value is -0.990. The molecule has 1 heterocycles. The second-order valence-electron chi connectivity index (χ2n) is 4.05. The Morgan fingerprint density at radius 2 is 2.00 bits per heavy atom. The van der Waals surface area contributed by atoms with Crippen LogP contribution >= 0.6 is 38.5 Å². The van der Waals surface area contributed by atoms with Crippen LogP contribution in [0.3, 0.4) is 0 Å². The summed E-state index contributed by atoms with van der Waals surface area (Å²) in [6, 6.07) is 9.29. The Labute approximate surface area is 139 Å². The van der Waals surface area contributed by atoms with Gasteiger partial charge < -0.3 is 10.0 Å². The second-order valence-corrected chi connectivity index (χ2v) is 6.21. The van der Waals surface area contributed by atoms with E-state index < -0.39 is 0 Å². The van der Waals surface area contributed by atoms with E-state index in [0.717, 1.165) is 13.7 Å². The summed E-state index contributed by atoms with van der Waals surface area (Å²) >= 11 is 5.51. The van der Waals surface area contributed by atoms with Crippen molar-refractivity contribution in [1.29, 1.82) is 0 Å². The van der Waals surface area contributed by atoms with Gasteiger partial charge in [-0.05, 0) is 68.9 Å². The average Bonchev–Trinajstić information content (AvgIpc) is 2.45. The summed E-state index contributed by atoms with van der Waals surface area (Å²) in [6.45, 7) is 0.144. The Morgan fingerprint density at radius 1 is 1.30 bits per heavy atom. The van der Waals surface area contributed by atoms with Crippen LogP contribution in [0.5, 0.6) is 0 Å². The predicted molar refractivity (Wildman–Crippen MR) is 89.9 cm³/mol. The zero-order valence-electron chi connectivity index (χ0n) is 10.5. The van der Waals surface area contributed by atoms with Gasteiger partial charge >= 0.3 is 0 Å². The molecule has 0 unspecified atom stereocenters. The molecule has 0 fully saturated rings. The molecule has 1 N–H and O–H groups in total. The Bertz CT molecular complexity index is 604. The molecule has 0 aliphatic heterocycles. The van der Waals surface area contributed by atoms with E-state index in [0.29, 0.717) is 5.56 Å². The van der Waals surface area contributed by atoms with Crippen LogP contribution in [0.25, 0.3) is 0 Å². The molecule has 6 heteroatoms. The number of pyridine rings is 1. The van der Waals surface area contributed by atoms with Gasteiger partial charge in [0.2, 0.25) is 0 Å². The van der Waals surface area contributed by atoms with Gasteiger partial charge in [0.1, 0.15) is 0 Å². The molecule has 0 radical (unpaired) electrons. The molecule has 0 saturated heterocycles. The molecule has 0 spiro atoms. The largest absolute Gasteiger partial charge is 0.395 e. The number of aliphatic hydroxyl groups excluding tert-OH is 1. The summed E-state index contributed by atoms with van der Waals surface area (Å²) in [5.41, 5.74) is 1.23. The maximum Gasteiger partial charge on any atom is 0.259 e. The first-order valence-electron chi connectivity index (χ1n) is 5.90. The van der Waals surface area contributed by atoms with Crippen molar-refractivity contribution < 1.29 is 9.90 Å². The molecule has 0 bridgehead atoms. The molecule has 1 amide bonds. The maximum absolute atomic E-state index is 12.5. The van der Waals surface area contributed by atoms with Crippen LogP contribution in [0.1, 0.15) is 10.4 Å². The number of rotatable bonds is 4. The number of carbonyl (C=O) groups excluding carboxylic acids is 1. The van der Waals surface area contributed by atoms with Gasteiger partial charge in [-0.1, -0.05) is 0 Å². The van der Waals surface area contributed by atoms with Gasteiger partial charge in [0, 0.05) is 32.7 Å². The first kappa shape index (κ1) is 15.4. The maximum atomic E-state index is 12.5. The van der Waals surface area contributed by atoms with E-state index in [2.05, 4.69) is 43.5 Å². The summed E-state index contributed by atoms with van der Waals surface area (Å²) in [6.07, 6.45) is 3.14. The highest BCUT2D eigenvalue weighted by Gasteiger charge is 2.17. The van der Waals surface area contributed by atoms with Crippen LogP contribution in [0.15, 0.2) is 47.2 Å². The van der Waals surface area contributed by atoms with Crippen LogP contribution in [0.4, 0.5) is 5.69 Å². The molecule has 0 saturated carbocycles. The Kier molecular flexibility index (Phi) is 5.50. The Balaban J connectivity index is 2.33. The number of halogens is 2. The van der Waals surface area contributed by atoms with Crippen molar-refractivity contribution >= 4 is 50.1 Å². The van der Waals surface area contributed by atoms with E-state index in [4.69, 9.17) is 0 Å². The van der Waals surface area contributed by atoms with Crippen molar-refractivity contribution in [3.8, 4) is 0 Å². The van der Waals surface area contributed by atoms with Gasteiger partial charge in [0.25, 0.3) is 5.91 Å². The van der Waals surface area contributed by atoms with Crippen molar-refractivity contribution in [2.24, 2.45) is 0 Å². The third kappa shape index (κ3) is 3.77. The number of aromatic nitrogens is 1. The lowest BCUT2D eigenvalue weighted by molar-refractivity contribution is 0.0980. The van der Waals surface area contributed by atoms with Crippen LogP contribution in [0.2, 0.25) is 0 Å². The first-order chi connectivity index (χ1) is 9.61. The number of aliphatic hydroxyl groups is 1. The van der Waals surface area contributed by atoms with E-state index in [1.54, 1.807) is 17.2 Å². The number of hydrogen-bond acceptors (Lipinski definition) is 3. The van der Waals surface area contributed by atoms with Crippen LogP contribution in [-0.2, 0) is 0 Å². The molecule has 4 nitrogen and oxygen atoms in total. The number of amides is 1. The third-order valence-corrected chi connectivity index (χ3v) is 3.81. The molecule has 0 aliphatic carbocycles. The zero-order valence-corrected chi connectivity index (χ0v) is 14.2. The lowest BCUT2D eigenvalue weighted by Crippen LogP contribution is -2.33. The van der Waals surface area contributed by atoms with Crippen LogP contribution in [0, 0.1) is 3.57 Å². The summed E-state index contributed by atoms with van der Waals surface area (Å²) in [4.78, 5) is 18.1. The molecule has 104 valence electrons. The van der Waals surface area contributed by atoms with Gasteiger partial charge in [-0.2, -0.15) is 0 Å². The fourth-order valence-corrected chi connectivity index (χ4v) is 2.48. The molecule has 1 aromatic heterocycles. The van der Waals surface area contributed by atoms with E-state index in [-0.39, 0.29) is 19.1 Å². The molecule has 20 heavy (non-hydrogen) atoms. The highest BCUT2D eigenvalue weighted by molar-refractivity contribution is 14.1. The van der Waals surface area contributed by atoms with E-state index in [1.165, 1.54) is 6.20 Å². The average molecular weight is 447 g/mol. The third-order valence-electron chi connectivity index (χ3n) is 2.66. The highest BCUT2D eigenvalue weighted by atomic mass is 127. The monoisotopic (exact) mass is 446 g/mol. The van der Waals surface area contributed by atoms with Gasteiger partial charge in [-0.15, -0.1) is 0 Å². The molecular weight excluding hydrogens is 435 g/mol. The molecular formula is C14H12BrIN2O2. The smallest absolute Gasteiger partial charge is 0.259 e. The molecule has 0 atom stereocenters. The van der Waals surface area contributed by atoms with Crippen molar-refractivity contribution in [2.45, 2.75) is 0 Å². The fraction of sp³-hybridized carbons (Fsp3) is 0.143.